The SMILES string of the molecule is O=C(NCCc1ccc(O)cc1)c1ccccc1Br. The number of carbonyl (C=O) groups is 1. The summed E-state index contributed by atoms with van der Waals surface area (Å²) in [4.78, 5) is 11.9. The van der Waals surface area contributed by atoms with E-state index in [1.807, 2.05) is 30.3 Å². The summed E-state index contributed by atoms with van der Waals surface area (Å²) in [5.74, 6) is 0.159. The molecule has 0 radical (unpaired) electrons. The molecule has 0 aromatic heterocycles. The van der Waals surface area contributed by atoms with Crippen molar-refractivity contribution in [2.24, 2.45) is 0 Å². The molecular weight excluding hydrogens is 306 g/mol. The second kappa shape index (κ2) is 6.38. The van der Waals surface area contributed by atoms with Crippen LogP contribution in [0, 0.1) is 0 Å². The average Bonchev–Trinajstić information content (AvgIpc) is 2.41. The minimum atomic E-state index is -0.0914. The van der Waals surface area contributed by atoms with Gasteiger partial charge in [0.1, 0.15) is 5.75 Å². The molecular formula is C15H14BrNO2. The third-order valence-corrected chi connectivity index (χ3v) is 3.45. The highest BCUT2D eigenvalue weighted by molar-refractivity contribution is 9.10. The second-order valence-electron chi connectivity index (χ2n) is 4.15. The van der Waals surface area contributed by atoms with Gasteiger partial charge in [0.25, 0.3) is 5.91 Å². The molecule has 0 aliphatic heterocycles. The zero-order valence-electron chi connectivity index (χ0n) is 10.3. The van der Waals surface area contributed by atoms with Crippen molar-refractivity contribution in [3.63, 3.8) is 0 Å². The van der Waals surface area contributed by atoms with Crippen LogP contribution >= 0.6 is 15.9 Å². The number of benzene rings is 2. The number of nitrogens with one attached hydrogen (secondary N) is 1. The van der Waals surface area contributed by atoms with Crippen LogP contribution in [0.1, 0.15) is 15.9 Å². The summed E-state index contributed by atoms with van der Waals surface area (Å²) in [6.07, 6.45) is 0.733. The standard InChI is InChI=1S/C15H14BrNO2/c16-14-4-2-1-3-13(14)15(19)17-10-9-11-5-7-12(18)8-6-11/h1-8,18H,9-10H2,(H,17,19). The smallest absolute Gasteiger partial charge is 0.252 e. The largest absolute Gasteiger partial charge is 0.508 e. The molecule has 98 valence electrons. The monoisotopic (exact) mass is 319 g/mol. The molecule has 0 saturated heterocycles. The Labute approximate surface area is 120 Å². The number of halogens is 1. The number of carbonyl (C=O) groups excluding carboxylic acids is 1. The third kappa shape index (κ3) is 3.83. The topological polar surface area (TPSA) is 49.3 Å². The predicted molar refractivity (Wildman–Crippen MR) is 78.3 cm³/mol. The first-order chi connectivity index (χ1) is 9.16. The van der Waals surface area contributed by atoms with E-state index in [0.717, 1.165) is 16.5 Å². The highest BCUT2D eigenvalue weighted by Crippen LogP contribution is 2.15. The molecule has 2 aromatic rings. The Bertz CT molecular complexity index is 567. The Balaban J connectivity index is 1.88. The number of phenolic OH excluding ortho intramolecular Hbond substituents is 1. The van der Waals surface area contributed by atoms with E-state index in [9.17, 15) is 9.90 Å². The van der Waals surface area contributed by atoms with Crippen LogP contribution in [0.5, 0.6) is 5.75 Å². The van der Waals surface area contributed by atoms with Crippen molar-refractivity contribution in [1.29, 1.82) is 0 Å². The van der Waals surface area contributed by atoms with Gasteiger partial charge in [0.2, 0.25) is 0 Å². The van der Waals surface area contributed by atoms with E-state index < -0.39 is 0 Å². The van der Waals surface area contributed by atoms with Crippen molar-refractivity contribution in [1.82, 2.24) is 5.32 Å². The van der Waals surface area contributed by atoms with E-state index in [0.29, 0.717) is 12.1 Å². The number of amides is 1. The van der Waals surface area contributed by atoms with Crippen LogP contribution in [0.4, 0.5) is 0 Å². The van der Waals surface area contributed by atoms with E-state index in [1.165, 1.54) is 0 Å². The Morgan fingerprint density at radius 3 is 2.47 bits per heavy atom. The molecule has 0 aliphatic rings. The summed E-state index contributed by atoms with van der Waals surface area (Å²) in [5.41, 5.74) is 1.71. The van der Waals surface area contributed by atoms with Crippen LogP contribution < -0.4 is 5.32 Å². The normalized spacial score (nSPS) is 10.2. The summed E-state index contributed by atoms with van der Waals surface area (Å²) >= 11 is 3.35. The molecule has 2 rings (SSSR count). The third-order valence-electron chi connectivity index (χ3n) is 2.75. The maximum Gasteiger partial charge on any atom is 0.252 e. The Morgan fingerprint density at radius 1 is 1.11 bits per heavy atom. The summed E-state index contributed by atoms with van der Waals surface area (Å²) < 4.78 is 0.789. The minimum Gasteiger partial charge on any atom is -0.508 e. The number of aromatic hydroxyl groups is 1. The fourth-order valence-corrected chi connectivity index (χ4v) is 2.19. The lowest BCUT2D eigenvalue weighted by atomic mass is 10.1. The Hall–Kier alpha value is -1.81. The molecule has 2 aromatic carbocycles. The summed E-state index contributed by atoms with van der Waals surface area (Å²) in [7, 11) is 0. The quantitative estimate of drug-likeness (QED) is 0.909. The summed E-state index contributed by atoms with van der Waals surface area (Å²) in [6, 6.07) is 14.3. The molecule has 2 N–H and O–H groups in total. The molecule has 0 unspecified atom stereocenters. The van der Waals surface area contributed by atoms with Gasteiger partial charge < -0.3 is 10.4 Å². The van der Waals surface area contributed by atoms with Crippen molar-refractivity contribution in [3.05, 3.63) is 64.1 Å². The van der Waals surface area contributed by atoms with Crippen LogP contribution in [0.25, 0.3) is 0 Å². The van der Waals surface area contributed by atoms with Crippen LogP contribution in [0.2, 0.25) is 0 Å². The van der Waals surface area contributed by atoms with Crippen LogP contribution in [-0.4, -0.2) is 17.6 Å². The molecule has 4 heteroatoms. The van der Waals surface area contributed by atoms with Gasteiger partial charge in [-0.3, -0.25) is 4.79 Å². The van der Waals surface area contributed by atoms with Gasteiger partial charge in [0.05, 0.1) is 5.56 Å². The molecule has 3 nitrogen and oxygen atoms in total. The highest BCUT2D eigenvalue weighted by Gasteiger charge is 2.07. The highest BCUT2D eigenvalue weighted by atomic mass is 79.9. The molecule has 0 bridgehead atoms. The molecule has 1 amide bonds. The fourth-order valence-electron chi connectivity index (χ4n) is 1.72. The van der Waals surface area contributed by atoms with Crippen molar-refractivity contribution in [3.8, 4) is 5.75 Å². The first-order valence-corrected chi connectivity index (χ1v) is 6.77. The van der Waals surface area contributed by atoms with Gasteiger partial charge in [0, 0.05) is 11.0 Å². The molecule has 19 heavy (non-hydrogen) atoms. The van der Waals surface area contributed by atoms with Crippen molar-refractivity contribution in [2.45, 2.75) is 6.42 Å². The number of phenols is 1. The van der Waals surface area contributed by atoms with Crippen LogP contribution in [0.15, 0.2) is 53.0 Å². The van der Waals surface area contributed by atoms with Gasteiger partial charge in [-0.15, -0.1) is 0 Å². The minimum absolute atomic E-state index is 0.0914. The van der Waals surface area contributed by atoms with Gasteiger partial charge in [-0.1, -0.05) is 24.3 Å². The first kappa shape index (κ1) is 13.6. The molecule has 0 aliphatic carbocycles. The summed E-state index contributed by atoms with van der Waals surface area (Å²) in [5, 5.41) is 12.0. The van der Waals surface area contributed by atoms with E-state index in [2.05, 4.69) is 21.2 Å². The van der Waals surface area contributed by atoms with E-state index in [4.69, 9.17) is 0 Å². The van der Waals surface area contributed by atoms with E-state index >= 15 is 0 Å². The number of hydrogen-bond acceptors (Lipinski definition) is 2. The van der Waals surface area contributed by atoms with E-state index in [-0.39, 0.29) is 11.7 Å². The predicted octanol–water partition coefficient (Wildman–Crippen LogP) is 3.13. The average molecular weight is 320 g/mol. The maximum atomic E-state index is 11.9. The van der Waals surface area contributed by atoms with Gasteiger partial charge in [-0.05, 0) is 52.2 Å². The lowest BCUT2D eigenvalue weighted by Crippen LogP contribution is -2.25. The van der Waals surface area contributed by atoms with Crippen LogP contribution in [-0.2, 0) is 6.42 Å². The second-order valence-corrected chi connectivity index (χ2v) is 5.01. The first-order valence-electron chi connectivity index (χ1n) is 5.97. The molecule has 0 atom stereocenters. The fraction of sp³-hybridized carbons (Fsp3) is 0.133. The van der Waals surface area contributed by atoms with Gasteiger partial charge in [0.15, 0.2) is 0 Å². The molecule has 0 spiro atoms. The summed E-state index contributed by atoms with van der Waals surface area (Å²) in [6.45, 7) is 0.560. The number of hydrogen-bond donors (Lipinski definition) is 2. The molecule has 0 heterocycles. The van der Waals surface area contributed by atoms with E-state index in [1.54, 1.807) is 18.2 Å². The van der Waals surface area contributed by atoms with Crippen molar-refractivity contribution < 1.29 is 9.90 Å². The zero-order valence-corrected chi connectivity index (χ0v) is 11.9. The zero-order chi connectivity index (χ0) is 13.7. The van der Waals surface area contributed by atoms with Crippen molar-refractivity contribution in [2.75, 3.05) is 6.54 Å². The van der Waals surface area contributed by atoms with Crippen molar-refractivity contribution >= 4 is 21.8 Å². The number of rotatable bonds is 4. The Morgan fingerprint density at radius 2 is 1.79 bits per heavy atom. The molecule has 0 saturated carbocycles. The Kier molecular flexibility index (Phi) is 4.58. The lowest BCUT2D eigenvalue weighted by molar-refractivity contribution is 0.0953. The van der Waals surface area contributed by atoms with Gasteiger partial charge in [-0.2, -0.15) is 0 Å². The van der Waals surface area contributed by atoms with Crippen LogP contribution in [0.3, 0.4) is 0 Å². The van der Waals surface area contributed by atoms with Gasteiger partial charge >= 0.3 is 0 Å². The maximum absolute atomic E-state index is 11.9. The lowest BCUT2D eigenvalue weighted by Gasteiger charge is -2.07. The van der Waals surface area contributed by atoms with Gasteiger partial charge in [-0.25, -0.2) is 0 Å². The molecule has 0 fully saturated rings.